The van der Waals surface area contributed by atoms with Crippen molar-refractivity contribution in [2.45, 2.75) is 26.2 Å². The highest BCUT2D eigenvalue weighted by molar-refractivity contribution is 5.67. The van der Waals surface area contributed by atoms with Gasteiger partial charge in [0, 0.05) is 11.8 Å². The molecular weight excluding hydrogens is 172 g/mol. The number of pyridine rings is 1. The molecule has 1 rings (SSSR count). The normalized spacial score (nSPS) is 11.1. The maximum absolute atomic E-state index is 4.15. The van der Waals surface area contributed by atoms with Gasteiger partial charge in [-0.25, -0.2) is 0 Å². The monoisotopic (exact) mass is 188 g/mol. The van der Waals surface area contributed by atoms with E-state index in [1.54, 1.807) is 6.20 Å². The molecule has 0 unspecified atom stereocenters. The Bertz CT molecular complexity index is 359. The first-order valence-electron chi connectivity index (χ1n) is 4.58. The molecule has 0 aliphatic heterocycles. The van der Waals surface area contributed by atoms with Crippen molar-refractivity contribution in [2.75, 3.05) is 0 Å². The summed E-state index contributed by atoms with van der Waals surface area (Å²) in [6.45, 7) is 13.8. The molecule has 0 radical (unpaired) electrons. The molecule has 0 fully saturated rings. The van der Waals surface area contributed by atoms with Crippen LogP contribution in [0.1, 0.15) is 31.9 Å². The van der Waals surface area contributed by atoms with Gasteiger partial charge >= 0.3 is 0 Å². The van der Waals surface area contributed by atoms with Gasteiger partial charge in [-0.2, -0.15) is 0 Å². The summed E-state index contributed by atoms with van der Waals surface area (Å²) in [4.78, 5) is 8.08. The molecule has 0 spiro atoms. The summed E-state index contributed by atoms with van der Waals surface area (Å²) in [5, 5.41) is 0. The Kier molecular flexibility index (Phi) is 2.84. The molecule has 0 saturated carbocycles. The summed E-state index contributed by atoms with van der Waals surface area (Å²) < 4.78 is 0. The van der Waals surface area contributed by atoms with Crippen LogP contribution in [-0.4, -0.2) is 11.7 Å². The summed E-state index contributed by atoms with van der Waals surface area (Å²) in [7, 11) is 0. The number of hydrogen-bond donors (Lipinski definition) is 0. The van der Waals surface area contributed by atoms with Gasteiger partial charge < -0.3 is 0 Å². The quantitative estimate of drug-likeness (QED) is 0.653. The van der Waals surface area contributed by atoms with Crippen molar-refractivity contribution in [2.24, 2.45) is 4.99 Å². The van der Waals surface area contributed by atoms with Gasteiger partial charge in [0.15, 0.2) is 0 Å². The summed E-state index contributed by atoms with van der Waals surface area (Å²) in [6, 6.07) is 0. The van der Waals surface area contributed by atoms with E-state index < -0.39 is 0 Å². The lowest BCUT2D eigenvalue weighted by Crippen LogP contribution is -2.13. The minimum Gasteiger partial charge on any atom is -0.262 e. The average Bonchev–Trinajstić information content (AvgIpc) is 2.15. The SMILES string of the molecule is C=Cc1c(N=C)cncc1C(C)(C)C. The van der Waals surface area contributed by atoms with Gasteiger partial charge in [0.25, 0.3) is 0 Å². The van der Waals surface area contributed by atoms with Gasteiger partial charge in [0.1, 0.15) is 0 Å². The third kappa shape index (κ3) is 1.90. The number of nitrogens with zero attached hydrogens (tertiary/aromatic N) is 2. The lowest BCUT2D eigenvalue weighted by atomic mass is 9.84. The molecule has 2 nitrogen and oxygen atoms in total. The Balaban J connectivity index is 3.44. The highest BCUT2D eigenvalue weighted by Gasteiger charge is 2.18. The second-order valence-electron chi connectivity index (χ2n) is 4.23. The topological polar surface area (TPSA) is 25.2 Å². The standard InChI is InChI=1S/C12H16N2/c1-6-9-10(12(2,3)4)7-14-8-11(9)13-5/h6-8H,1,5H2,2-4H3. The molecule has 0 amide bonds. The van der Waals surface area contributed by atoms with Crippen LogP contribution in [0.2, 0.25) is 0 Å². The second-order valence-corrected chi connectivity index (χ2v) is 4.23. The van der Waals surface area contributed by atoms with Crippen LogP contribution in [0.25, 0.3) is 6.08 Å². The summed E-state index contributed by atoms with van der Waals surface area (Å²) in [6.07, 6.45) is 5.39. The van der Waals surface area contributed by atoms with Crippen LogP contribution in [0.4, 0.5) is 5.69 Å². The maximum Gasteiger partial charge on any atom is 0.0880 e. The van der Waals surface area contributed by atoms with Gasteiger partial charge in [-0.15, -0.1) is 0 Å². The van der Waals surface area contributed by atoms with E-state index in [4.69, 9.17) is 0 Å². The van der Waals surface area contributed by atoms with E-state index in [1.807, 2.05) is 12.3 Å². The van der Waals surface area contributed by atoms with Gasteiger partial charge in [0.2, 0.25) is 0 Å². The Labute approximate surface area is 85.4 Å². The van der Waals surface area contributed by atoms with Crippen LogP contribution in [0.3, 0.4) is 0 Å². The van der Waals surface area contributed by atoms with E-state index in [2.05, 4.69) is 44.0 Å². The Morgan fingerprint density at radius 3 is 2.43 bits per heavy atom. The highest BCUT2D eigenvalue weighted by Crippen LogP contribution is 2.31. The molecule has 74 valence electrons. The molecule has 1 heterocycles. The molecule has 1 aromatic heterocycles. The largest absolute Gasteiger partial charge is 0.262 e. The van der Waals surface area contributed by atoms with E-state index in [1.165, 1.54) is 0 Å². The highest BCUT2D eigenvalue weighted by atomic mass is 14.8. The molecule has 1 aromatic rings. The molecule has 0 aromatic carbocycles. The van der Waals surface area contributed by atoms with Crippen LogP contribution < -0.4 is 0 Å². The predicted molar refractivity (Wildman–Crippen MR) is 62.2 cm³/mol. The van der Waals surface area contributed by atoms with Gasteiger partial charge in [0.05, 0.1) is 11.9 Å². The summed E-state index contributed by atoms with van der Waals surface area (Å²) in [5.74, 6) is 0. The Morgan fingerprint density at radius 2 is 2.00 bits per heavy atom. The summed E-state index contributed by atoms with van der Waals surface area (Å²) >= 11 is 0. The third-order valence-corrected chi connectivity index (χ3v) is 2.15. The van der Waals surface area contributed by atoms with E-state index in [9.17, 15) is 0 Å². The van der Waals surface area contributed by atoms with Crippen molar-refractivity contribution in [1.29, 1.82) is 0 Å². The lowest BCUT2D eigenvalue weighted by Gasteiger charge is -2.21. The predicted octanol–water partition coefficient (Wildman–Crippen LogP) is 3.35. The van der Waals surface area contributed by atoms with Crippen LogP contribution in [-0.2, 0) is 5.41 Å². The zero-order chi connectivity index (χ0) is 10.8. The maximum atomic E-state index is 4.15. The fraction of sp³-hybridized carbons (Fsp3) is 0.333. The van der Waals surface area contributed by atoms with Crippen molar-refractivity contribution in [1.82, 2.24) is 4.98 Å². The number of hydrogen-bond acceptors (Lipinski definition) is 2. The fourth-order valence-electron chi connectivity index (χ4n) is 1.40. The van der Waals surface area contributed by atoms with Crippen LogP contribution in [0.5, 0.6) is 0 Å². The molecule has 0 aliphatic rings. The van der Waals surface area contributed by atoms with Crippen molar-refractivity contribution in [3.8, 4) is 0 Å². The number of aromatic nitrogens is 1. The molecular formula is C12H16N2. The summed E-state index contributed by atoms with van der Waals surface area (Å²) in [5.41, 5.74) is 3.03. The third-order valence-electron chi connectivity index (χ3n) is 2.15. The Hall–Kier alpha value is -1.44. The van der Waals surface area contributed by atoms with Crippen LogP contribution >= 0.6 is 0 Å². The zero-order valence-corrected chi connectivity index (χ0v) is 9.04. The first kappa shape index (κ1) is 10.6. The minimum absolute atomic E-state index is 0.0528. The lowest BCUT2D eigenvalue weighted by molar-refractivity contribution is 0.586. The van der Waals surface area contributed by atoms with E-state index in [0.29, 0.717) is 0 Å². The fourth-order valence-corrected chi connectivity index (χ4v) is 1.40. The molecule has 0 bridgehead atoms. The smallest absolute Gasteiger partial charge is 0.0880 e. The van der Waals surface area contributed by atoms with Crippen molar-refractivity contribution >= 4 is 18.5 Å². The first-order chi connectivity index (χ1) is 6.50. The molecule has 0 atom stereocenters. The van der Waals surface area contributed by atoms with E-state index in [0.717, 1.165) is 16.8 Å². The molecule has 14 heavy (non-hydrogen) atoms. The van der Waals surface area contributed by atoms with Crippen LogP contribution in [0, 0.1) is 0 Å². The van der Waals surface area contributed by atoms with Gasteiger partial charge in [-0.3, -0.25) is 9.98 Å². The average molecular weight is 188 g/mol. The first-order valence-corrected chi connectivity index (χ1v) is 4.58. The van der Waals surface area contributed by atoms with E-state index >= 15 is 0 Å². The molecule has 2 heteroatoms. The second kappa shape index (κ2) is 3.74. The minimum atomic E-state index is 0.0528. The van der Waals surface area contributed by atoms with Gasteiger partial charge in [-0.05, 0) is 17.7 Å². The molecule has 0 aliphatic carbocycles. The van der Waals surface area contributed by atoms with Crippen LogP contribution in [0.15, 0.2) is 24.0 Å². The molecule has 0 saturated heterocycles. The van der Waals surface area contributed by atoms with Crippen molar-refractivity contribution < 1.29 is 0 Å². The number of aliphatic imine (C=N–C) groups is 1. The zero-order valence-electron chi connectivity index (χ0n) is 9.04. The van der Waals surface area contributed by atoms with Gasteiger partial charge in [-0.1, -0.05) is 33.4 Å². The van der Waals surface area contributed by atoms with Crippen molar-refractivity contribution in [3.05, 3.63) is 30.1 Å². The molecule has 0 N–H and O–H groups in total. The van der Waals surface area contributed by atoms with E-state index in [-0.39, 0.29) is 5.41 Å². The number of rotatable bonds is 2. The Morgan fingerprint density at radius 1 is 1.36 bits per heavy atom. The van der Waals surface area contributed by atoms with Crippen molar-refractivity contribution in [3.63, 3.8) is 0 Å².